The maximum absolute atomic E-state index is 11.3. The fourth-order valence-corrected chi connectivity index (χ4v) is 2.05. The fraction of sp³-hybridized carbons (Fsp3) is 0.800. The van der Waals surface area contributed by atoms with Crippen molar-refractivity contribution in [2.24, 2.45) is 0 Å². The molecule has 2 aliphatic rings. The Labute approximate surface area is 89.4 Å². The van der Waals surface area contributed by atoms with Gasteiger partial charge in [0, 0.05) is 52.1 Å². The molecular weight excluding hydrogens is 194 g/mol. The SMILES string of the molecule is O=C1CCC(=O)N1CCN1CCNCC1. The Morgan fingerprint density at radius 3 is 2.20 bits per heavy atom. The number of nitrogens with one attached hydrogen (secondary N) is 1. The zero-order chi connectivity index (χ0) is 10.7. The summed E-state index contributed by atoms with van der Waals surface area (Å²) in [6.07, 6.45) is 0.806. The van der Waals surface area contributed by atoms with Crippen molar-refractivity contribution in [3.05, 3.63) is 0 Å². The lowest BCUT2D eigenvalue weighted by Crippen LogP contribution is -2.46. The second-order valence-electron chi connectivity index (χ2n) is 4.03. The molecular formula is C10H17N3O2. The predicted octanol–water partition coefficient (Wildman–Crippen LogP) is -0.959. The number of carbonyl (C=O) groups is 2. The summed E-state index contributed by atoms with van der Waals surface area (Å²) in [5.74, 6) is -0.00901. The molecule has 2 aliphatic heterocycles. The van der Waals surface area contributed by atoms with Crippen molar-refractivity contribution in [2.45, 2.75) is 12.8 Å². The molecule has 0 aromatic heterocycles. The molecule has 1 N–H and O–H groups in total. The molecule has 0 aliphatic carbocycles. The molecule has 5 heteroatoms. The third-order valence-corrected chi connectivity index (χ3v) is 3.00. The highest BCUT2D eigenvalue weighted by molar-refractivity contribution is 6.01. The molecule has 15 heavy (non-hydrogen) atoms. The van der Waals surface area contributed by atoms with Gasteiger partial charge in [0.15, 0.2) is 0 Å². The number of rotatable bonds is 3. The second kappa shape index (κ2) is 4.72. The normalized spacial score (nSPS) is 23.9. The lowest BCUT2D eigenvalue weighted by Gasteiger charge is -2.28. The van der Waals surface area contributed by atoms with E-state index in [4.69, 9.17) is 0 Å². The van der Waals surface area contributed by atoms with Gasteiger partial charge in [-0.3, -0.25) is 19.4 Å². The van der Waals surface area contributed by atoms with Crippen molar-refractivity contribution in [3.63, 3.8) is 0 Å². The number of imide groups is 1. The van der Waals surface area contributed by atoms with Gasteiger partial charge in [-0.05, 0) is 0 Å². The van der Waals surface area contributed by atoms with E-state index >= 15 is 0 Å². The van der Waals surface area contributed by atoms with Gasteiger partial charge in [-0.25, -0.2) is 0 Å². The summed E-state index contributed by atoms with van der Waals surface area (Å²) >= 11 is 0. The lowest BCUT2D eigenvalue weighted by molar-refractivity contribution is -0.138. The van der Waals surface area contributed by atoms with Crippen LogP contribution in [0.2, 0.25) is 0 Å². The molecule has 84 valence electrons. The van der Waals surface area contributed by atoms with Gasteiger partial charge in [-0.15, -0.1) is 0 Å². The number of nitrogens with zero attached hydrogens (tertiary/aromatic N) is 2. The van der Waals surface area contributed by atoms with E-state index in [1.54, 1.807) is 0 Å². The Morgan fingerprint density at radius 2 is 1.60 bits per heavy atom. The average Bonchev–Trinajstić information content (AvgIpc) is 2.58. The number of carbonyl (C=O) groups excluding carboxylic acids is 2. The number of hydrogen-bond donors (Lipinski definition) is 1. The van der Waals surface area contributed by atoms with E-state index in [-0.39, 0.29) is 11.8 Å². The van der Waals surface area contributed by atoms with Crippen LogP contribution in [0.25, 0.3) is 0 Å². The molecule has 2 amide bonds. The molecule has 0 saturated carbocycles. The van der Waals surface area contributed by atoms with E-state index in [0.717, 1.165) is 32.7 Å². The molecule has 0 spiro atoms. The van der Waals surface area contributed by atoms with E-state index < -0.39 is 0 Å². The Balaban J connectivity index is 1.76. The summed E-state index contributed by atoms with van der Waals surface area (Å²) in [6, 6.07) is 0. The third kappa shape index (κ3) is 2.54. The van der Waals surface area contributed by atoms with Crippen LogP contribution in [0.1, 0.15) is 12.8 Å². The van der Waals surface area contributed by atoms with Gasteiger partial charge in [0.2, 0.25) is 11.8 Å². The second-order valence-corrected chi connectivity index (χ2v) is 4.03. The first-order valence-corrected chi connectivity index (χ1v) is 5.53. The summed E-state index contributed by atoms with van der Waals surface area (Å²) in [6.45, 7) is 5.41. The van der Waals surface area contributed by atoms with Crippen LogP contribution in [-0.4, -0.2) is 60.9 Å². The van der Waals surface area contributed by atoms with Crippen LogP contribution >= 0.6 is 0 Å². The van der Waals surface area contributed by atoms with Gasteiger partial charge in [0.25, 0.3) is 0 Å². The van der Waals surface area contributed by atoms with E-state index in [2.05, 4.69) is 10.2 Å². The van der Waals surface area contributed by atoms with Crippen LogP contribution in [-0.2, 0) is 9.59 Å². The summed E-state index contributed by atoms with van der Waals surface area (Å²) in [5, 5.41) is 3.27. The van der Waals surface area contributed by atoms with E-state index in [9.17, 15) is 9.59 Å². The van der Waals surface area contributed by atoms with Crippen molar-refractivity contribution in [1.29, 1.82) is 0 Å². The Morgan fingerprint density at radius 1 is 1.00 bits per heavy atom. The first-order chi connectivity index (χ1) is 7.27. The molecule has 2 rings (SSSR count). The molecule has 5 nitrogen and oxygen atoms in total. The van der Waals surface area contributed by atoms with Crippen LogP contribution in [0.4, 0.5) is 0 Å². The third-order valence-electron chi connectivity index (χ3n) is 3.00. The van der Waals surface area contributed by atoms with Crippen molar-refractivity contribution < 1.29 is 9.59 Å². The number of amides is 2. The van der Waals surface area contributed by atoms with Gasteiger partial charge in [0.1, 0.15) is 0 Å². The average molecular weight is 211 g/mol. The van der Waals surface area contributed by atoms with Crippen molar-refractivity contribution in [3.8, 4) is 0 Å². The monoisotopic (exact) mass is 211 g/mol. The van der Waals surface area contributed by atoms with Crippen molar-refractivity contribution >= 4 is 11.8 Å². The first-order valence-electron chi connectivity index (χ1n) is 5.53. The number of hydrogen-bond acceptors (Lipinski definition) is 4. The highest BCUT2D eigenvalue weighted by Gasteiger charge is 2.28. The lowest BCUT2D eigenvalue weighted by atomic mass is 10.3. The minimum Gasteiger partial charge on any atom is -0.314 e. The summed E-state index contributed by atoms with van der Waals surface area (Å²) < 4.78 is 0. The van der Waals surface area contributed by atoms with Crippen molar-refractivity contribution in [2.75, 3.05) is 39.3 Å². The van der Waals surface area contributed by atoms with Gasteiger partial charge in [-0.1, -0.05) is 0 Å². The smallest absolute Gasteiger partial charge is 0.229 e. The summed E-state index contributed by atoms with van der Waals surface area (Å²) in [5.41, 5.74) is 0. The molecule has 0 aromatic rings. The Hall–Kier alpha value is -0.940. The minimum absolute atomic E-state index is 0.00451. The van der Waals surface area contributed by atoms with E-state index in [0.29, 0.717) is 19.4 Å². The Kier molecular flexibility index (Phi) is 3.33. The van der Waals surface area contributed by atoms with E-state index in [1.165, 1.54) is 4.90 Å². The van der Waals surface area contributed by atoms with Crippen LogP contribution in [0.3, 0.4) is 0 Å². The van der Waals surface area contributed by atoms with Crippen molar-refractivity contribution in [1.82, 2.24) is 15.1 Å². The Bertz CT molecular complexity index is 245. The molecule has 2 fully saturated rings. The quantitative estimate of drug-likeness (QED) is 0.611. The van der Waals surface area contributed by atoms with Crippen LogP contribution in [0.5, 0.6) is 0 Å². The largest absolute Gasteiger partial charge is 0.314 e. The minimum atomic E-state index is -0.00451. The topological polar surface area (TPSA) is 52.7 Å². The van der Waals surface area contributed by atoms with Crippen LogP contribution in [0, 0.1) is 0 Å². The molecule has 2 saturated heterocycles. The van der Waals surface area contributed by atoms with Crippen LogP contribution < -0.4 is 5.32 Å². The zero-order valence-electron chi connectivity index (χ0n) is 8.87. The molecule has 0 bridgehead atoms. The predicted molar refractivity (Wildman–Crippen MR) is 55.3 cm³/mol. The molecule has 0 aromatic carbocycles. The maximum Gasteiger partial charge on any atom is 0.229 e. The molecule has 2 heterocycles. The molecule has 0 unspecified atom stereocenters. The van der Waals surface area contributed by atoms with Gasteiger partial charge in [-0.2, -0.15) is 0 Å². The summed E-state index contributed by atoms with van der Waals surface area (Å²) in [7, 11) is 0. The maximum atomic E-state index is 11.3. The fourth-order valence-electron chi connectivity index (χ4n) is 2.05. The van der Waals surface area contributed by atoms with Gasteiger partial charge >= 0.3 is 0 Å². The van der Waals surface area contributed by atoms with E-state index in [1.807, 2.05) is 0 Å². The first kappa shape index (κ1) is 10.6. The standard InChI is InChI=1S/C10H17N3O2/c14-9-1-2-10(15)13(9)8-7-12-5-3-11-4-6-12/h11H,1-8H2. The zero-order valence-corrected chi connectivity index (χ0v) is 8.87. The highest BCUT2D eigenvalue weighted by Crippen LogP contribution is 2.11. The van der Waals surface area contributed by atoms with Gasteiger partial charge in [0.05, 0.1) is 0 Å². The number of piperazine rings is 1. The molecule has 0 atom stereocenters. The number of likely N-dealkylation sites (tertiary alicyclic amines) is 1. The van der Waals surface area contributed by atoms with Gasteiger partial charge < -0.3 is 5.32 Å². The van der Waals surface area contributed by atoms with Crippen LogP contribution in [0.15, 0.2) is 0 Å². The highest BCUT2D eigenvalue weighted by atomic mass is 16.2. The summed E-state index contributed by atoms with van der Waals surface area (Å²) in [4.78, 5) is 26.4. The molecule has 0 radical (unpaired) electrons.